The van der Waals surface area contributed by atoms with Gasteiger partial charge in [0.2, 0.25) is 6.29 Å². The van der Waals surface area contributed by atoms with Crippen molar-refractivity contribution in [3.8, 4) is 0 Å². The molecule has 1 unspecified atom stereocenters. The average molecular weight is 1130 g/mol. The standard InChI is InChI=1S/C50H80O28/c1-18-11-49-9-5-24-47(2,7-4-8-48(24,3)46(68)77-44-36(66)32(62)28(58)21(14-53)71-44)25(49)6-10-50(18,17-49)78-45-40(76-42-35(65)31(61)27(57)20(13-52)70-42)39(29(59)22(15-54)72-45)75-43-37(67)33(63)38(23(16-55)73-43)74-41-34(64)30(60)26(56)19(12-51)69-41/h19-45,51-67H,1,4-17H2,2-3H3/t19-,20-,21-,22-,23-,24-,25-,26-,27-,28-,29-,30+,31+,32+,33-,34-,35-,36-,37-,38-,39+,40-,41-,42+,43+,44+,45+,47+,48?,49+,50+/m1/s1. The third-order valence-electron chi connectivity index (χ3n) is 19.2. The third-order valence-corrected chi connectivity index (χ3v) is 19.2. The van der Waals surface area contributed by atoms with Crippen molar-refractivity contribution < 1.29 is 139 Å². The summed E-state index contributed by atoms with van der Waals surface area (Å²) in [7, 11) is 0. The highest BCUT2D eigenvalue weighted by Crippen LogP contribution is 2.74. The maximum absolute atomic E-state index is 14.4. The van der Waals surface area contributed by atoms with Crippen LogP contribution < -0.4 is 0 Å². The molecule has 0 aromatic heterocycles. The van der Waals surface area contributed by atoms with Crippen molar-refractivity contribution in [2.45, 2.75) is 231 Å². The quantitative estimate of drug-likeness (QED) is 0.0411. The molecule has 2 bridgehead atoms. The van der Waals surface area contributed by atoms with E-state index in [0.717, 1.165) is 6.42 Å². The summed E-state index contributed by atoms with van der Waals surface area (Å²) in [4.78, 5) is 14.4. The van der Waals surface area contributed by atoms with Gasteiger partial charge >= 0.3 is 5.97 Å². The molecule has 78 heavy (non-hydrogen) atoms. The van der Waals surface area contributed by atoms with Crippen LogP contribution in [0.4, 0.5) is 0 Å². The molecule has 448 valence electrons. The van der Waals surface area contributed by atoms with Gasteiger partial charge in [0, 0.05) is 0 Å². The number of fused-ring (bicyclic) bond motifs is 3. The number of hydrogen-bond acceptors (Lipinski definition) is 28. The molecule has 5 aliphatic heterocycles. The predicted molar refractivity (Wildman–Crippen MR) is 252 cm³/mol. The maximum atomic E-state index is 14.4. The lowest BCUT2D eigenvalue weighted by atomic mass is 9.41. The average Bonchev–Trinajstić information content (AvgIpc) is 3.80. The molecule has 0 aromatic carbocycles. The van der Waals surface area contributed by atoms with Gasteiger partial charge in [-0.1, -0.05) is 19.9 Å². The Balaban J connectivity index is 0.975. The number of aliphatic hydroxyl groups excluding tert-OH is 17. The summed E-state index contributed by atoms with van der Waals surface area (Å²) in [6.45, 7) is 4.26. The van der Waals surface area contributed by atoms with E-state index in [4.69, 9.17) is 47.4 Å². The Morgan fingerprint density at radius 3 is 1.46 bits per heavy atom. The molecule has 9 rings (SSSR count). The molecule has 4 saturated carbocycles. The molecule has 5 saturated heterocycles. The molecule has 17 N–H and O–H groups in total. The van der Waals surface area contributed by atoms with Crippen molar-refractivity contribution >= 4 is 5.97 Å². The Labute approximate surface area is 448 Å². The summed E-state index contributed by atoms with van der Waals surface area (Å²) < 4.78 is 60.0. The molecule has 0 aromatic rings. The van der Waals surface area contributed by atoms with Crippen molar-refractivity contribution in [3.63, 3.8) is 0 Å². The summed E-state index contributed by atoms with van der Waals surface area (Å²) in [6, 6.07) is 0. The van der Waals surface area contributed by atoms with E-state index >= 15 is 0 Å². The minimum Gasteiger partial charge on any atom is -0.432 e. The molecule has 28 heteroatoms. The van der Waals surface area contributed by atoms with Crippen LogP contribution in [-0.4, -0.2) is 285 Å². The fourth-order valence-corrected chi connectivity index (χ4v) is 15.0. The molecule has 28 nitrogen and oxygen atoms in total. The zero-order valence-corrected chi connectivity index (χ0v) is 43.3. The van der Waals surface area contributed by atoms with Crippen LogP contribution >= 0.6 is 0 Å². The van der Waals surface area contributed by atoms with Gasteiger partial charge in [0.25, 0.3) is 0 Å². The summed E-state index contributed by atoms with van der Waals surface area (Å²) in [6.07, 6.45) is -40.2. The number of aliphatic hydroxyl groups is 17. The van der Waals surface area contributed by atoms with Gasteiger partial charge < -0.3 is 134 Å². The molecular weight excluding hydrogens is 1050 g/mol. The molecule has 9 aliphatic rings. The van der Waals surface area contributed by atoms with E-state index in [2.05, 4.69) is 13.5 Å². The van der Waals surface area contributed by atoms with Gasteiger partial charge in [0.15, 0.2) is 25.2 Å². The Hall–Kier alpha value is -1.83. The van der Waals surface area contributed by atoms with E-state index in [-0.39, 0.29) is 11.8 Å². The molecule has 0 radical (unpaired) electrons. The first-order valence-electron chi connectivity index (χ1n) is 26.9. The molecule has 9 fully saturated rings. The largest absolute Gasteiger partial charge is 0.432 e. The maximum Gasteiger partial charge on any atom is 0.314 e. The van der Waals surface area contributed by atoms with Crippen molar-refractivity contribution in [2.75, 3.05) is 33.0 Å². The van der Waals surface area contributed by atoms with Gasteiger partial charge in [-0.3, -0.25) is 4.79 Å². The number of carbonyl (C=O) groups excluding carboxylic acids is 1. The highest BCUT2D eigenvalue weighted by atomic mass is 16.8. The zero-order chi connectivity index (χ0) is 56.7. The second-order valence-corrected chi connectivity index (χ2v) is 23.6. The van der Waals surface area contributed by atoms with Crippen LogP contribution in [0.2, 0.25) is 0 Å². The van der Waals surface area contributed by atoms with Gasteiger partial charge in [-0.05, 0) is 86.5 Å². The lowest BCUT2D eigenvalue weighted by Gasteiger charge is -2.64. The third kappa shape index (κ3) is 10.3. The van der Waals surface area contributed by atoms with Crippen LogP contribution in [0.1, 0.15) is 71.6 Å². The van der Waals surface area contributed by atoms with Gasteiger partial charge in [-0.2, -0.15) is 0 Å². The number of hydrogen-bond donors (Lipinski definition) is 17. The smallest absolute Gasteiger partial charge is 0.314 e. The van der Waals surface area contributed by atoms with E-state index in [9.17, 15) is 91.6 Å². The molecule has 5 heterocycles. The van der Waals surface area contributed by atoms with Crippen LogP contribution in [0.15, 0.2) is 12.2 Å². The fraction of sp³-hybridized carbons (Fsp3) is 0.940. The molecule has 1 spiro atoms. The van der Waals surface area contributed by atoms with E-state index in [1.165, 1.54) is 0 Å². The fourth-order valence-electron chi connectivity index (χ4n) is 15.0. The van der Waals surface area contributed by atoms with Gasteiger partial charge in [-0.25, -0.2) is 0 Å². The minimum atomic E-state index is -2.14. The second-order valence-electron chi connectivity index (χ2n) is 23.6. The SMILES string of the molecule is C=C1C[C@]23CC[C@H]4C(C)(C(=O)O[C@@H]5O[C@H](CO)[C@@H](O)[C@H](O)[C@H]5O)CCC[C@]4(C)[C@H]2CC[C@]1(O[C@@H]1O[C@H](CO)[C@@H](O)[C@H](O[C@@H]2O[C@H](CO)[C@@H](O[C@H]4O[C@H](CO)[C@@H](O)[C@H](O)[C@H]4O)[C@H](O)[C@H]2O)[C@H]1O[C@@H]1O[C@H](CO)[C@@H](O)[C@H](O)[C@H]1O)C3. The van der Waals surface area contributed by atoms with Crippen LogP contribution in [0.3, 0.4) is 0 Å². The normalized spacial score (nSPS) is 54.5. The minimum absolute atomic E-state index is 0.0275. The first-order valence-corrected chi connectivity index (χ1v) is 26.9. The molecule has 4 aliphatic carbocycles. The molecular formula is C50H80O28. The van der Waals surface area contributed by atoms with Crippen molar-refractivity contribution in [2.24, 2.45) is 28.1 Å². The lowest BCUT2D eigenvalue weighted by molar-refractivity contribution is -0.405. The molecule has 0 amide bonds. The van der Waals surface area contributed by atoms with Gasteiger partial charge in [-0.15, -0.1) is 0 Å². The van der Waals surface area contributed by atoms with Crippen LogP contribution in [0.5, 0.6) is 0 Å². The summed E-state index contributed by atoms with van der Waals surface area (Å²) in [5.74, 6) is -0.929. The van der Waals surface area contributed by atoms with Gasteiger partial charge in [0.05, 0.1) is 44.1 Å². The highest BCUT2D eigenvalue weighted by molar-refractivity contribution is 5.77. The van der Waals surface area contributed by atoms with E-state index in [1.807, 2.05) is 6.92 Å². The number of ether oxygens (including phenoxy) is 10. The second kappa shape index (κ2) is 23.3. The number of esters is 1. The van der Waals surface area contributed by atoms with Crippen LogP contribution in [0, 0.1) is 28.1 Å². The van der Waals surface area contributed by atoms with Crippen molar-refractivity contribution in [1.82, 2.24) is 0 Å². The Kier molecular flexibility index (Phi) is 18.2. The number of carbonyl (C=O) groups is 1. The number of rotatable bonds is 15. The molecule has 31 atom stereocenters. The van der Waals surface area contributed by atoms with Gasteiger partial charge in [0.1, 0.15) is 122 Å². The monoisotopic (exact) mass is 1130 g/mol. The van der Waals surface area contributed by atoms with E-state index in [1.54, 1.807) is 0 Å². The Morgan fingerprint density at radius 2 is 0.923 bits per heavy atom. The summed E-state index contributed by atoms with van der Waals surface area (Å²) in [5, 5.41) is 181. The predicted octanol–water partition coefficient (Wildman–Crippen LogP) is -7.29. The first kappa shape index (κ1) is 60.8. The van der Waals surface area contributed by atoms with Crippen LogP contribution in [0.25, 0.3) is 0 Å². The van der Waals surface area contributed by atoms with E-state index in [0.29, 0.717) is 56.9 Å². The van der Waals surface area contributed by atoms with Crippen molar-refractivity contribution in [3.05, 3.63) is 12.2 Å². The Morgan fingerprint density at radius 1 is 0.487 bits per heavy atom. The van der Waals surface area contributed by atoms with Crippen LogP contribution in [-0.2, 0) is 52.2 Å². The zero-order valence-electron chi connectivity index (χ0n) is 43.3. The van der Waals surface area contributed by atoms with Crippen molar-refractivity contribution in [1.29, 1.82) is 0 Å². The summed E-state index contributed by atoms with van der Waals surface area (Å²) in [5.41, 5.74) is -2.61. The summed E-state index contributed by atoms with van der Waals surface area (Å²) >= 11 is 0. The Bertz CT molecular complexity index is 2070. The topological polar surface area (TPSA) is 453 Å². The van der Waals surface area contributed by atoms with E-state index < -0.39 is 214 Å². The first-order chi connectivity index (χ1) is 36.9. The lowest BCUT2D eigenvalue weighted by Crippen LogP contribution is -2.68. The highest BCUT2D eigenvalue weighted by Gasteiger charge is 2.70.